The van der Waals surface area contributed by atoms with Crippen molar-refractivity contribution in [3.05, 3.63) is 18.2 Å². The molecular formula is C12H20N4. The van der Waals surface area contributed by atoms with Crippen LogP contribution in [-0.2, 0) is 13.1 Å². The summed E-state index contributed by atoms with van der Waals surface area (Å²) in [5.74, 6) is 0. The number of nitriles is 1. The zero-order valence-electron chi connectivity index (χ0n) is 10.1. The van der Waals surface area contributed by atoms with E-state index < -0.39 is 0 Å². The van der Waals surface area contributed by atoms with Gasteiger partial charge in [0.2, 0.25) is 0 Å². The Balaban J connectivity index is 2.24. The van der Waals surface area contributed by atoms with Crippen LogP contribution in [0.1, 0.15) is 38.8 Å². The molecule has 0 unspecified atom stereocenters. The average molecular weight is 220 g/mol. The summed E-state index contributed by atoms with van der Waals surface area (Å²) in [6.07, 6.45) is 6.89. The lowest BCUT2D eigenvalue weighted by atomic mass is 9.89. The van der Waals surface area contributed by atoms with Crippen LogP contribution in [0.25, 0.3) is 0 Å². The van der Waals surface area contributed by atoms with Crippen LogP contribution in [0.15, 0.2) is 12.5 Å². The molecule has 1 aromatic heterocycles. The Kier molecular flexibility index (Phi) is 4.51. The van der Waals surface area contributed by atoms with Crippen LogP contribution in [0.4, 0.5) is 0 Å². The minimum absolute atomic E-state index is 0.197. The molecule has 1 aromatic rings. The number of aryl methyl sites for hydroxylation is 1. The molecule has 4 heteroatoms. The zero-order chi connectivity index (χ0) is 12.0. The molecule has 16 heavy (non-hydrogen) atoms. The first-order chi connectivity index (χ1) is 7.57. The van der Waals surface area contributed by atoms with Gasteiger partial charge in [0, 0.05) is 19.3 Å². The van der Waals surface area contributed by atoms with Gasteiger partial charge in [0.15, 0.2) is 0 Å². The molecule has 0 fully saturated rings. The normalized spacial score (nSPS) is 11.4. The van der Waals surface area contributed by atoms with Gasteiger partial charge in [0.1, 0.15) is 0 Å². The summed E-state index contributed by atoms with van der Waals surface area (Å²) in [5, 5.41) is 8.87. The van der Waals surface area contributed by atoms with Crippen LogP contribution < -0.4 is 5.73 Å². The van der Waals surface area contributed by atoms with Gasteiger partial charge >= 0.3 is 0 Å². The van der Waals surface area contributed by atoms with Gasteiger partial charge in [0.05, 0.1) is 23.5 Å². The van der Waals surface area contributed by atoms with Crippen molar-refractivity contribution in [3.63, 3.8) is 0 Å². The highest BCUT2D eigenvalue weighted by molar-refractivity contribution is 4.95. The van der Waals surface area contributed by atoms with Crippen molar-refractivity contribution in [2.45, 2.75) is 46.2 Å². The van der Waals surface area contributed by atoms with Gasteiger partial charge < -0.3 is 10.3 Å². The van der Waals surface area contributed by atoms with E-state index in [9.17, 15) is 0 Å². The Bertz CT molecular complexity index is 359. The number of hydrogen-bond acceptors (Lipinski definition) is 3. The lowest BCUT2D eigenvalue weighted by Crippen LogP contribution is -2.07. The molecule has 0 aliphatic carbocycles. The summed E-state index contributed by atoms with van der Waals surface area (Å²) in [4.78, 5) is 4.16. The molecule has 0 aliphatic rings. The quantitative estimate of drug-likeness (QED) is 0.746. The van der Waals surface area contributed by atoms with E-state index >= 15 is 0 Å². The second-order valence-electron chi connectivity index (χ2n) is 4.76. The number of hydrogen-bond donors (Lipinski definition) is 1. The minimum atomic E-state index is -0.197. The van der Waals surface area contributed by atoms with Crippen LogP contribution in [0.3, 0.4) is 0 Å². The van der Waals surface area contributed by atoms with E-state index in [0.717, 1.165) is 31.5 Å². The molecule has 88 valence electrons. The van der Waals surface area contributed by atoms with Crippen molar-refractivity contribution in [3.8, 4) is 6.07 Å². The van der Waals surface area contributed by atoms with Gasteiger partial charge in [-0.15, -0.1) is 0 Å². The summed E-state index contributed by atoms with van der Waals surface area (Å²) < 4.78 is 2.06. The van der Waals surface area contributed by atoms with Gasteiger partial charge in [-0.1, -0.05) is 6.42 Å². The second kappa shape index (κ2) is 5.66. The van der Waals surface area contributed by atoms with Gasteiger partial charge in [-0.05, 0) is 26.7 Å². The fourth-order valence-corrected chi connectivity index (χ4v) is 1.55. The zero-order valence-corrected chi connectivity index (χ0v) is 10.1. The summed E-state index contributed by atoms with van der Waals surface area (Å²) in [7, 11) is 0. The van der Waals surface area contributed by atoms with E-state index in [-0.39, 0.29) is 5.41 Å². The smallest absolute Gasteiger partial charge is 0.0949 e. The van der Waals surface area contributed by atoms with Crippen molar-refractivity contribution in [1.29, 1.82) is 5.26 Å². The first-order valence-corrected chi connectivity index (χ1v) is 5.69. The molecular weight excluding hydrogens is 200 g/mol. The molecule has 4 nitrogen and oxygen atoms in total. The first-order valence-electron chi connectivity index (χ1n) is 5.69. The number of nitrogens with two attached hydrogens (primary N) is 1. The van der Waals surface area contributed by atoms with Gasteiger partial charge in [-0.2, -0.15) is 5.26 Å². The van der Waals surface area contributed by atoms with Gasteiger partial charge in [-0.25, -0.2) is 4.98 Å². The topological polar surface area (TPSA) is 67.6 Å². The molecule has 0 saturated heterocycles. The molecule has 1 heterocycles. The fourth-order valence-electron chi connectivity index (χ4n) is 1.55. The molecule has 0 spiro atoms. The lowest BCUT2D eigenvalue weighted by Gasteiger charge is -2.14. The maximum absolute atomic E-state index is 8.87. The second-order valence-corrected chi connectivity index (χ2v) is 4.76. The molecule has 0 atom stereocenters. The maximum atomic E-state index is 8.87. The van der Waals surface area contributed by atoms with Crippen molar-refractivity contribution in [2.75, 3.05) is 0 Å². The third-order valence-electron chi connectivity index (χ3n) is 2.67. The van der Waals surface area contributed by atoms with Crippen LogP contribution in [-0.4, -0.2) is 9.55 Å². The van der Waals surface area contributed by atoms with E-state index in [2.05, 4.69) is 15.6 Å². The summed E-state index contributed by atoms with van der Waals surface area (Å²) >= 11 is 0. The number of nitrogens with zero attached hydrogens (tertiary/aromatic N) is 3. The Labute approximate surface area is 97.1 Å². The van der Waals surface area contributed by atoms with E-state index in [1.165, 1.54) is 0 Å². The third-order valence-corrected chi connectivity index (χ3v) is 2.67. The fraction of sp³-hybridized carbons (Fsp3) is 0.667. The molecule has 0 aliphatic heterocycles. The van der Waals surface area contributed by atoms with Gasteiger partial charge in [-0.3, -0.25) is 0 Å². The monoisotopic (exact) mass is 220 g/mol. The predicted octanol–water partition coefficient (Wildman–Crippen LogP) is 2.06. The standard InChI is InChI=1S/C12H20N4/c1-12(2,9-14)5-3-4-6-16-8-11(7-13)15-10-16/h8,10H,3-7,13H2,1-2H3. The van der Waals surface area contributed by atoms with Crippen molar-refractivity contribution < 1.29 is 0 Å². The molecule has 1 rings (SSSR count). The highest BCUT2D eigenvalue weighted by Gasteiger charge is 2.15. The van der Waals surface area contributed by atoms with Crippen LogP contribution in [0.5, 0.6) is 0 Å². The Hall–Kier alpha value is -1.34. The van der Waals surface area contributed by atoms with Crippen molar-refractivity contribution in [1.82, 2.24) is 9.55 Å². The number of imidazole rings is 1. The minimum Gasteiger partial charge on any atom is -0.337 e. The lowest BCUT2D eigenvalue weighted by molar-refractivity contribution is 0.417. The highest BCUT2D eigenvalue weighted by atomic mass is 15.0. The van der Waals surface area contributed by atoms with E-state index in [0.29, 0.717) is 6.54 Å². The largest absolute Gasteiger partial charge is 0.337 e. The van der Waals surface area contributed by atoms with Gasteiger partial charge in [0.25, 0.3) is 0 Å². The van der Waals surface area contributed by atoms with Crippen LogP contribution in [0, 0.1) is 16.7 Å². The first kappa shape index (κ1) is 12.7. The molecule has 0 aromatic carbocycles. The molecule has 0 bridgehead atoms. The summed E-state index contributed by atoms with van der Waals surface area (Å²) in [6, 6.07) is 2.32. The summed E-state index contributed by atoms with van der Waals surface area (Å²) in [6.45, 7) is 5.41. The van der Waals surface area contributed by atoms with Crippen molar-refractivity contribution >= 4 is 0 Å². The maximum Gasteiger partial charge on any atom is 0.0949 e. The Morgan fingerprint density at radius 2 is 2.25 bits per heavy atom. The third kappa shape index (κ3) is 4.03. The molecule has 2 N–H and O–H groups in total. The number of aromatic nitrogens is 2. The van der Waals surface area contributed by atoms with E-state index in [1.54, 1.807) is 0 Å². The number of rotatable bonds is 6. The Morgan fingerprint density at radius 3 is 2.81 bits per heavy atom. The molecule has 0 radical (unpaired) electrons. The van der Waals surface area contributed by atoms with Crippen LogP contribution >= 0.6 is 0 Å². The highest BCUT2D eigenvalue weighted by Crippen LogP contribution is 2.21. The Morgan fingerprint density at radius 1 is 1.50 bits per heavy atom. The average Bonchev–Trinajstić information content (AvgIpc) is 2.72. The molecule has 0 saturated carbocycles. The SMILES string of the molecule is CC(C)(C#N)CCCCn1cnc(CN)c1. The summed E-state index contributed by atoms with van der Waals surface area (Å²) in [5.41, 5.74) is 6.21. The number of unbranched alkanes of at least 4 members (excludes halogenated alkanes) is 1. The van der Waals surface area contributed by atoms with Crippen LogP contribution in [0.2, 0.25) is 0 Å². The molecule has 0 amide bonds. The van der Waals surface area contributed by atoms with E-state index in [4.69, 9.17) is 11.0 Å². The van der Waals surface area contributed by atoms with E-state index in [1.807, 2.05) is 26.4 Å². The predicted molar refractivity (Wildman–Crippen MR) is 63.4 cm³/mol. The van der Waals surface area contributed by atoms with Crippen molar-refractivity contribution in [2.24, 2.45) is 11.1 Å².